The van der Waals surface area contributed by atoms with Crippen LogP contribution in [-0.2, 0) is 0 Å². The van der Waals surface area contributed by atoms with Gasteiger partial charge in [-0.05, 0) is 42.8 Å². The molecule has 0 aliphatic heterocycles. The average Bonchev–Trinajstić information content (AvgIpc) is 2.58. The van der Waals surface area contributed by atoms with Crippen molar-refractivity contribution in [3.8, 4) is 11.5 Å². The van der Waals surface area contributed by atoms with E-state index in [4.69, 9.17) is 44.3 Å². The molecule has 0 bridgehead atoms. The fourth-order valence-corrected chi connectivity index (χ4v) is 2.67. The number of carbonyl (C=O) groups is 1. The molecule has 6 heteroatoms. The van der Waals surface area contributed by atoms with Crippen LogP contribution in [0.3, 0.4) is 0 Å². The number of allylic oxidation sites excluding steroid dienone is 1. The van der Waals surface area contributed by atoms with Gasteiger partial charge in [-0.2, -0.15) is 0 Å². The molecule has 0 spiro atoms. The van der Waals surface area contributed by atoms with E-state index >= 15 is 0 Å². The lowest BCUT2D eigenvalue weighted by Gasteiger charge is -2.09. The molecular weight excluding hydrogens is 371 g/mol. The van der Waals surface area contributed by atoms with Crippen molar-refractivity contribution < 1.29 is 14.3 Å². The van der Waals surface area contributed by atoms with Crippen molar-refractivity contribution >= 4 is 46.7 Å². The molecule has 2 aromatic rings. The number of hydrogen-bond acceptors (Lipinski definition) is 3. The van der Waals surface area contributed by atoms with Crippen molar-refractivity contribution in [2.24, 2.45) is 0 Å². The van der Waals surface area contributed by atoms with Crippen molar-refractivity contribution in [1.29, 1.82) is 0 Å². The van der Waals surface area contributed by atoms with Crippen LogP contribution in [0.1, 0.15) is 22.8 Å². The van der Waals surface area contributed by atoms with Crippen LogP contribution in [0.5, 0.6) is 11.5 Å². The van der Waals surface area contributed by atoms with Gasteiger partial charge in [-0.15, -0.1) is 0 Å². The summed E-state index contributed by atoms with van der Waals surface area (Å²) in [5.74, 6) is 0.974. The average molecular weight is 386 g/mol. The zero-order chi connectivity index (χ0) is 17.7. The molecule has 0 unspecified atom stereocenters. The maximum atomic E-state index is 12.3. The maximum Gasteiger partial charge on any atom is 0.187 e. The molecule has 0 heterocycles. The van der Waals surface area contributed by atoms with E-state index in [0.29, 0.717) is 28.7 Å². The van der Waals surface area contributed by atoms with Gasteiger partial charge in [0, 0.05) is 5.56 Å². The van der Waals surface area contributed by atoms with Gasteiger partial charge < -0.3 is 9.47 Å². The summed E-state index contributed by atoms with van der Waals surface area (Å²) in [7, 11) is 1.56. The lowest BCUT2D eigenvalue weighted by Crippen LogP contribution is -1.97. The number of halogens is 3. The fourth-order valence-electron chi connectivity index (χ4n) is 2.04. The summed E-state index contributed by atoms with van der Waals surface area (Å²) in [4.78, 5) is 12.3. The lowest BCUT2D eigenvalue weighted by atomic mass is 10.1. The highest BCUT2D eigenvalue weighted by Crippen LogP contribution is 2.33. The Morgan fingerprint density at radius 1 is 1.08 bits per heavy atom. The molecule has 0 aliphatic carbocycles. The van der Waals surface area contributed by atoms with Gasteiger partial charge in [-0.1, -0.05) is 46.9 Å². The van der Waals surface area contributed by atoms with E-state index < -0.39 is 0 Å². The van der Waals surface area contributed by atoms with Gasteiger partial charge in [0.25, 0.3) is 0 Å². The van der Waals surface area contributed by atoms with E-state index in [1.54, 1.807) is 31.4 Å². The van der Waals surface area contributed by atoms with Gasteiger partial charge in [0.15, 0.2) is 17.3 Å². The van der Waals surface area contributed by atoms with Gasteiger partial charge in [0.2, 0.25) is 0 Å². The Morgan fingerprint density at radius 2 is 1.83 bits per heavy atom. The molecule has 24 heavy (non-hydrogen) atoms. The second-order valence-corrected chi connectivity index (χ2v) is 5.93. The molecule has 0 N–H and O–H groups in total. The van der Waals surface area contributed by atoms with E-state index in [-0.39, 0.29) is 15.8 Å². The Labute approximate surface area is 155 Å². The Morgan fingerprint density at radius 3 is 2.50 bits per heavy atom. The molecule has 0 aliphatic rings. The van der Waals surface area contributed by atoms with Gasteiger partial charge in [0.05, 0.1) is 28.8 Å². The van der Waals surface area contributed by atoms with Crippen LogP contribution in [0.25, 0.3) is 6.08 Å². The van der Waals surface area contributed by atoms with Crippen LogP contribution in [0, 0.1) is 0 Å². The van der Waals surface area contributed by atoms with Gasteiger partial charge >= 0.3 is 0 Å². The van der Waals surface area contributed by atoms with Crippen LogP contribution in [0.4, 0.5) is 0 Å². The molecule has 0 fully saturated rings. The Balaban J connectivity index is 2.24. The van der Waals surface area contributed by atoms with Gasteiger partial charge in [-0.25, -0.2) is 0 Å². The molecule has 0 saturated carbocycles. The largest absolute Gasteiger partial charge is 0.493 e. The normalized spacial score (nSPS) is 10.9. The fraction of sp³-hybridized carbons (Fsp3) is 0.167. The quantitative estimate of drug-likeness (QED) is 0.350. The van der Waals surface area contributed by atoms with Crippen molar-refractivity contribution in [3.63, 3.8) is 0 Å². The minimum absolute atomic E-state index is 0.142. The first-order valence-electron chi connectivity index (χ1n) is 7.14. The second kappa shape index (κ2) is 8.43. The standard InChI is InChI=1S/C18H15Cl3O3/c1-3-24-15-9-5-11(10-16(15)23-2)4-8-14(22)12-6-7-13(19)18(21)17(12)20/h4-10H,3H2,1-2H3/b8-4+. The summed E-state index contributed by atoms with van der Waals surface area (Å²) in [6.07, 6.45) is 3.08. The SMILES string of the molecule is CCOc1ccc(/C=C/C(=O)c2ccc(Cl)c(Cl)c2Cl)cc1OC. The molecule has 2 aromatic carbocycles. The number of benzene rings is 2. The monoisotopic (exact) mass is 384 g/mol. The Kier molecular flexibility index (Phi) is 6.55. The topological polar surface area (TPSA) is 35.5 Å². The number of carbonyl (C=O) groups excluding carboxylic acids is 1. The summed E-state index contributed by atoms with van der Waals surface area (Å²) in [6.45, 7) is 2.44. The van der Waals surface area contributed by atoms with E-state index in [2.05, 4.69) is 0 Å². The number of ether oxygens (including phenoxy) is 2. The molecule has 0 radical (unpaired) electrons. The van der Waals surface area contributed by atoms with Crippen LogP contribution in [-0.4, -0.2) is 19.5 Å². The molecule has 2 rings (SSSR count). The Hall–Kier alpha value is -1.68. The van der Waals surface area contributed by atoms with Crippen LogP contribution >= 0.6 is 34.8 Å². The number of rotatable bonds is 6. The zero-order valence-electron chi connectivity index (χ0n) is 13.1. The van der Waals surface area contributed by atoms with Crippen molar-refractivity contribution in [2.45, 2.75) is 6.92 Å². The maximum absolute atomic E-state index is 12.3. The molecular formula is C18H15Cl3O3. The number of methoxy groups -OCH3 is 1. The smallest absolute Gasteiger partial charge is 0.187 e. The number of hydrogen-bond donors (Lipinski definition) is 0. The third-order valence-electron chi connectivity index (χ3n) is 3.22. The molecule has 0 saturated heterocycles. The Bertz CT molecular complexity index is 785. The van der Waals surface area contributed by atoms with Crippen molar-refractivity contribution in [1.82, 2.24) is 0 Å². The molecule has 0 aromatic heterocycles. The zero-order valence-corrected chi connectivity index (χ0v) is 15.4. The predicted octanol–water partition coefficient (Wildman–Crippen LogP) is 5.95. The van der Waals surface area contributed by atoms with E-state index in [9.17, 15) is 4.79 Å². The lowest BCUT2D eigenvalue weighted by molar-refractivity contribution is 0.104. The first kappa shape index (κ1) is 18.7. The number of ketones is 1. The minimum atomic E-state index is -0.272. The van der Waals surface area contributed by atoms with Crippen molar-refractivity contribution in [3.05, 3.63) is 62.6 Å². The highest BCUT2D eigenvalue weighted by molar-refractivity contribution is 6.49. The minimum Gasteiger partial charge on any atom is -0.493 e. The van der Waals surface area contributed by atoms with Gasteiger partial charge in [0.1, 0.15) is 0 Å². The van der Waals surface area contributed by atoms with E-state index in [0.717, 1.165) is 5.56 Å². The first-order valence-corrected chi connectivity index (χ1v) is 8.28. The molecule has 0 amide bonds. The van der Waals surface area contributed by atoms with Crippen LogP contribution in [0.15, 0.2) is 36.4 Å². The van der Waals surface area contributed by atoms with Crippen LogP contribution < -0.4 is 9.47 Å². The highest BCUT2D eigenvalue weighted by Gasteiger charge is 2.13. The third kappa shape index (κ3) is 4.23. The summed E-state index contributed by atoms with van der Waals surface area (Å²) < 4.78 is 10.7. The summed E-state index contributed by atoms with van der Waals surface area (Å²) in [5.41, 5.74) is 1.08. The highest BCUT2D eigenvalue weighted by atomic mass is 35.5. The second-order valence-electron chi connectivity index (χ2n) is 4.76. The van der Waals surface area contributed by atoms with E-state index in [1.165, 1.54) is 12.1 Å². The first-order chi connectivity index (χ1) is 11.5. The molecule has 126 valence electrons. The molecule has 3 nitrogen and oxygen atoms in total. The summed E-state index contributed by atoms with van der Waals surface area (Å²) in [5, 5.41) is 0.613. The molecule has 0 atom stereocenters. The van der Waals surface area contributed by atoms with Crippen molar-refractivity contribution in [2.75, 3.05) is 13.7 Å². The summed E-state index contributed by atoms with van der Waals surface area (Å²) >= 11 is 17.9. The van der Waals surface area contributed by atoms with E-state index in [1.807, 2.05) is 13.0 Å². The summed E-state index contributed by atoms with van der Waals surface area (Å²) in [6, 6.07) is 8.48. The predicted molar refractivity (Wildman–Crippen MR) is 99.0 cm³/mol. The van der Waals surface area contributed by atoms with Crippen LogP contribution in [0.2, 0.25) is 15.1 Å². The van der Waals surface area contributed by atoms with Gasteiger partial charge in [-0.3, -0.25) is 4.79 Å². The third-order valence-corrected chi connectivity index (χ3v) is 4.51.